The van der Waals surface area contributed by atoms with Gasteiger partial charge in [-0.15, -0.1) is 0 Å². The van der Waals surface area contributed by atoms with Crippen LogP contribution in [0.15, 0.2) is 61.3 Å². The summed E-state index contributed by atoms with van der Waals surface area (Å²) in [7, 11) is 0. The van der Waals surface area contributed by atoms with Crippen LogP contribution in [0.3, 0.4) is 0 Å². The van der Waals surface area contributed by atoms with Gasteiger partial charge in [0.05, 0.1) is 5.69 Å². The third-order valence-electron chi connectivity index (χ3n) is 4.38. The zero-order valence-corrected chi connectivity index (χ0v) is 16.6. The van der Waals surface area contributed by atoms with Crippen molar-refractivity contribution in [1.82, 2.24) is 15.0 Å². The van der Waals surface area contributed by atoms with E-state index in [4.69, 9.17) is 0 Å². The van der Waals surface area contributed by atoms with Crippen molar-refractivity contribution in [2.75, 3.05) is 0 Å². The van der Waals surface area contributed by atoms with E-state index in [-0.39, 0.29) is 0 Å². The van der Waals surface area contributed by atoms with Crippen molar-refractivity contribution in [3.63, 3.8) is 0 Å². The summed E-state index contributed by atoms with van der Waals surface area (Å²) in [6, 6.07) is 12.1. The van der Waals surface area contributed by atoms with E-state index >= 15 is 0 Å². The molecule has 0 aliphatic carbocycles. The lowest BCUT2D eigenvalue weighted by Crippen LogP contribution is -2.42. The molecule has 3 rings (SSSR count). The molecule has 2 heterocycles. The van der Waals surface area contributed by atoms with E-state index < -0.39 is 11.0 Å². The summed E-state index contributed by atoms with van der Waals surface area (Å²) in [5, 5.41) is 11.5. The lowest BCUT2D eigenvalue weighted by Gasteiger charge is -2.39. The molecular formula is C20H20IN3O. The van der Waals surface area contributed by atoms with Crippen LogP contribution in [0, 0.1) is 8.99 Å². The summed E-state index contributed by atoms with van der Waals surface area (Å²) >= 11 is 2.29. The molecule has 1 atom stereocenters. The molecule has 1 aromatic carbocycles. The van der Waals surface area contributed by atoms with Crippen LogP contribution in [-0.4, -0.2) is 20.1 Å². The molecule has 0 amide bonds. The number of halogens is 1. The van der Waals surface area contributed by atoms with Crippen molar-refractivity contribution >= 4 is 22.6 Å². The van der Waals surface area contributed by atoms with E-state index in [1.165, 1.54) is 9.90 Å². The molecule has 1 unspecified atom stereocenters. The molecule has 0 radical (unpaired) electrons. The lowest BCUT2D eigenvalue weighted by molar-refractivity contribution is -0.0301. The van der Waals surface area contributed by atoms with Gasteiger partial charge < -0.3 is 5.11 Å². The van der Waals surface area contributed by atoms with E-state index in [2.05, 4.69) is 61.8 Å². The number of aliphatic hydroxyl groups is 1. The quantitative estimate of drug-likeness (QED) is 0.607. The third kappa shape index (κ3) is 3.43. The topological polar surface area (TPSA) is 58.9 Å². The Labute approximate surface area is 161 Å². The number of hydrogen-bond donors (Lipinski definition) is 1. The first-order chi connectivity index (χ1) is 11.8. The van der Waals surface area contributed by atoms with Crippen LogP contribution in [-0.2, 0) is 5.60 Å². The van der Waals surface area contributed by atoms with Crippen LogP contribution in [0.2, 0.25) is 0 Å². The fraction of sp³-hybridized carbons (Fsp3) is 0.250. The number of nitrogens with zero attached hydrogens (tertiary/aromatic N) is 3. The largest absolute Gasteiger partial charge is 0.378 e. The van der Waals surface area contributed by atoms with Gasteiger partial charge in [0.1, 0.15) is 11.9 Å². The maximum absolute atomic E-state index is 11.5. The van der Waals surface area contributed by atoms with Crippen LogP contribution in [0.1, 0.15) is 32.0 Å². The Balaban J connectivity index is 2.05. The van der Waals surface area contributed by atoms with Gasteiger partial charge in [-0.2, -0.15) is 0 Å². The zero-order valence-electron chi connectivity index (χ0n) is 14.4. The van der Waals surface area contributed by atoms with E-state index in [0.717, 1.165) is 11.1 Å². The van der Waals surface area contributed by atoms with Gasteiger partial charge in [0.15, 0.2) is 0 Å². The number of aromatic nitrogens is 3. The number of rotatable bonds is 3. The van der Waals surface area contributed by atoms with E-state index in [0.29, 0.717) is 11.3 Å². The summed E-state index contributed by atoms with van der Waals surface area (Å²) in [5.41, 5.74) is 1.58. The van der Waals surface area contributed by atoms with E-state index in [1.807, 2.05) is 32.9 Å². The number of benzene rings is 1. The molecule has 2 aromatic heterocycles. The average molecular weight is 445 g/mol. The minimum Gasteiger partial charge on any atom is -0.378 e. The molecule has 0 saturated carbocycles. The molecule has 25 heavy (non-hydrogen) atoms. The highest BCUT2D eigenvalue weighted by Crippen LogP contribution is 2.43. The van der Waals surface area contributed by atoms with E-state index in [9.17, 15) is 5.11 Å². The highest BCUT2D eigenvalue weighted by atomic mass is 127. The number of hydrogen-bond acceptors (Lipinski definition) is 4. The number of pyridine rings is 1. The SMILES string of the molecule is CC(C)(C)C(O)(c1cncnc1)c1ccc(-c2ccc(I)cc2)cn1. The van der Waals surface area contributed by atoms with Crippen molar-refractivity contribution in [3.8, 4) is 11.1 Å². The fourth-order valence-corrected chi connectivity index (χ4v) is 3.23. The van der Waals surface area contributed by atoms with Crippen LogP contribution in [0.4, 0.5) is 0 Å². The molecular weight excluding hydrogens is 425 g/mol. The van der Waals surface area contributed by atoms with Crippen molar-refractivity contribution in [3.05, 3.63) is 76.1 Å². The van der Waals surface area contributed by atoms with Gasteiger partial charge in [-0.1, -0.05) is 39.0 Å². The molecule has 128 valence electrons. The predicted molar refractivity (Wildman–Crippen MR) is 107 cm³/mol. The Morgan fingerprint density at radius 2 is 1.44 bits per heavy atom. The molecule has 0 bridgehead atoms. The Hall–Kier alpha value is -1.86. The Bertz CT molecular complexity index is 843. The fourth-order valence-electron chi connectivity index (χ4n) is 2.87. The van der Waals surface area contributed by atoms with Gasteiger partial charge in [-0.05, 0) is 46.4 Å². The molecule has 0 fully saturated rings. The lowest BCUT2D eigenvalue weighted by atomic mass is 9.70. The Kier molecular flexibility index (Phi) is 4.88. The van der Waals surface area contributed by atoms with E-state index in [1.54, 1.807) is 18.6 Å². The van der Waals surface area contributed by atoms with Crippen molar-refractivity contribution in [2.24, 2.45) is 5.41 Å². The highest BCUT2D eigenvalue weighted by molar-refractivity contribution is 14.1. The van der Waals surface area contributed by atoms with Gasteiger partial charge in [-0.3, -0.25) is 4.98 Å². The van der Waals surface area contributed by atoms with Gasteiger partial charge in [0.25, 0.3) is 0 Å². The van der Waals surface area contributed by atoms with Crippen molar-refractivity contribution in [1.29, 1.82) is 0 Å². The predicted octanol–water partition coefficient (Wildman–Crippen LogP) is 4.43. The molecule has 3 aromatic rings. The van der Waals surface area contributed by atoms with Crippen LogP contribution in [0.5, 0.6) is 0 Å². The third-order valence-corrected chi connectivity index (χ3v) is 5.09. The minimum atomic E-state index is -1.28. The smallest absolute Gasteiger partial charge is 0.139 e. The standard InChI is InChI=1S/C20H20IN3O/c1-19(2,3)20(25,16-11-22-13-23-12-16)18-9-6-15(10-24-18)14-4-7-17(21)8-5-14/h4-13,25H,1-3H3. The second-order valence-electron chi connectivity index (χ2n) is 7.03. The average Bonchev–Trinajstić information content (AvgIpc) is 2.62. The highest BCUT2D eigenvalue weighted by Gasteiger charge is 2.45. The summed E-state index contributed by atoms with van der Waals surface area (Å²) in [4.78, 5) is 12.7. The Morgan fingerprint density at radius 3 is 1.96 bits per heavy atom. The summed E-state index contributed by atoms with van der Waals surface area (Å²) < 4.78 is 1.19. The van der Waals surface area contributed by atoms with Gasteiger partial charge in [0, 0.05) is 38.7 Å². The van der Waals surface area contributed by atoms with Crippen LogP contribution >= 0.6 is 22.6 Å². The molecule has 0 spiro atoms. The summed E-state index contributed by atoms with van der Waals surface area (Å²) in [6.45, 7) is 5.94. The first kappa shape index (κ1) is 17.9. The maximum Gasteiger partial charge on any atom is 0.139 e. The van der Waals surface area contributed by atoms with Gasteiger partial charge in [-0.25, -0.2) is 9.97 Å². The molecule has 4 nitrogen and oxygen atoms in total. The molecule has 0 aliphatic rings. The second kappa shape index (κ2) is 6.80. The van der Waals surface area contributed by atoms with Crippen molar-refractivity contribution < 1.29 is 5.11 Å². The molecule has 1 N–H and O–H groups in total. The maximum atomic E-state index is 11.5. The molecule has 0 aliphatic heterocycles. The zero-order chi connectivity index (χ0) is 18.1. The normalized spacial score (nSPS) is 14.1. The van der Waals surface area contributed by atoms with Crippen LogP contribution < -0.4 is 0 Å². The molecule has 0 saturated heterocycles. The first-order valence-electron chi connectivity index (χ1n) is 8.03. The van der Waals surface area contributed by atoms with Crippen molar-refractivity contribution in [2.45, 2.75) is 26.4 Å². The molecule has 5 heteroatoms. The first-order valence-corrected chi connectivity index (χ1v) is 9.10. The second-order valence-corrected chi connectivity index (χ2v) is 8.27. The monoisotopic (exact) mass is 445 g/mol. The minimum absolute atomic E-state index is 0.477. The summed E-state index contributed by atoms with van der Waals surface area (Å²) in [6.07, 6.45) is 6.55. The summed E-state index contributed by atoms with van der Waals surface area (Å²) in [5.74, 6) is 0. The Morgan fingerprint density at radius 1 is 0.840 bits per heavy atom. The van der Waals surface area contributed by atoms with Gasteiger partial charge >= 0.3 is 0 Å². The van der Waals surface area contributed by atoms with Gasteiger partial charge in [0.2, 0.25) is 0 Å². The van der Waals surface area contributed by atoms with Crippen LogP contribution in [0.25, 0.3) is 11.1 Å².